The van der Waals surface area contributed by atoms with Gasteiger partial charge in [0.15, 0.2) is 0 Å². The molecule has 0 bridgehead atoms. The highest BCUT2D eigenvalue weighted by molar-refractivity contribution is 4.67. The Morgan fingerprint density at radius 1 is 0.500 bits per heavy atom. The molecule has 0 nitrogen and oxygen atoms in total. The maximum atomic E-state index is 2.36. The molecule has 62 valence electrons. The molecule has 0 radical (unpaired) electrons. The molecule has 0 aliphatic rings. The molecule has 0 fully saturated rings. The van der Waals surface area contributed by atoms with Gasteiger partial charge in [0.2, 0.25) is 0 Å². The zero-order valence-corrected chi connectivity index (χ0v) is 8.31. The Balaban J connectivity index is 3.81. The zero-order chi connectivity index (χ0) is 8.31. The summed E-state index contributed by atoms with van der Waals surface area (Å²) < 4.78 is 0. The fourth-order valence-electron chi connectivity index (χ4n) is 1.21. The molecule has 0 aliphatic carbocycles. The molecule has 0 unspecified atom stereocenters. The van der Waals surface area contributed by atoms with Crippen LogP contribution >= 0.6 is 0 Å². The molecule has 0 amide bonds. The van der Waals surface area contributed by atoms with Crippen LogP contribution in [0, 0.1) is 23.7 Å². The predicted octanol–water partition coefficient (Wildman–Crippen LogP) is 3.57. The quantitative estimate of drug-likeness (QED) is 0.565. The van der Waals surface area contributed by atoms with Crippen LogP contribution in [-0.4, -0.2) is 0 Å². The summed E-state index contributed by atoms with van der Waals surface area (Å²) in [7, 11) is 0. The van der Waals surface area contributed by atoms with Crippen LogP contribution in [0.4, 0.5) is 0 Å². The summed E-state index contributed by atoms with van der Waals surface area (Å²) in [4.78, 5) is 0. The van der Waals surface area contributed by atoms with Crippen molar-refractivity contribution in [3.8, 4) is 0 Å². The standard InChI is InChI=1S/C10H22/c1-7(2)9(5)10(6)8(3)4/h7-10H,1-6H3/t9-,10+. The van der Waals surface area contributed by atoms with Crippen molar-refractivity contribution in [1.29, 1.82) is 0 Å². The lowest BCUT2D eigenvalue weighted by Gasteiger charge is -2.26. The van der Waals surface area contributed by atoms with Crippen molar-refractivity contribution in [2.75, 3.05) is 0 Å². The second kappa shape index (κ2) is 4.00. The van der Waals surface area contributed by atoms with E-state index in [4.69, 9.17) is 0 Å². The lowest BCUT2D eigenvalue weighted by molar-refractivity contribution is 0.235. The van der Waals surface area contributed by atoms with Gasteiger partial charge in [-0.05, 0) is 23.7 Å². The maximum absolute atomic E-state index is 2.36. The van der Waals surface area contributed by atoms with Crippen molar-refractivity contribution in [2.24, 2.45) is 23.7 Å². The lowest BCUT2D eigenvalue weighted by atomic mass is 9.80. The Labute approximate surface area is 66.0 Å². The van der Waals surface area contributed by atoms with E-state index in [2.05, 4.69) is 41.5 Å². The first kappa shape index (κ1) is 10.0. The van der Waals surface area contributed by atoms with Crippen LogP contribution in [0.3, 0.4) is 0 Å². The molecule has 0 aromatic rings. The van der Waals surface area contributed by atoms with Gasteiger partial charge in [-0.2, -0.15) is 0 Å². The van der Waals surface area contributed by atoms with Crippen molar-refractivity contribution < 1.29 is 0 Å². The van der Waals surface area contributed by atoms with Gasteiger partial charge in [0.05, 0.1) is 0 Å². The highest BCUT2D eigenvalue weighted by Crippen LogP contribution is 2.25. The van der Waals surface area contributed by atoms with Gasteiger partial charge in [-0.15, -0.1) is 0 Å². The van der Waals surface area contributed by atoms with E-state index < -0.39 is 0 Å². The van der Waals surface area contributed by atoms with Crippen LogP contribution in [0.15, 0.2) is 0 Å². The van der Waals surface area contributed by atoms with Gasteiger partial charge in [-0.25, -0.2) is 0 Å². The maximum Gasteiger partial charge on any atom is -0.0391 e. The van der Waals surface area contributed by atoms with Gasteiger partial charge in [0.1, 0.15) is 0 Å². The van der Waals surface area contributed by atoms with Crippen LogP contribution in [0.2, 0.25) is 0 Å². The first-order valence-corrected chi connectivity index (χ1v) is 4.46. The van der Waals surface area contributed by atoms with E-state index in [1.54, 1.807) is 0 Å². The monoisotopic (exact) mass is 142 g/mol. The SMILES string of the molecule is CC(C)[C@@H](C)[C@@H](C)C(C)C. The van der Waals surface area contributed by atoms with Gasteiger partial charge in [-0.3, -0.25) is 0 Å². The Kier molecular flexibility index (Phi) is 4.00. The van der Waals surface area contributed by atoms with Gasteiger partial charge < -0.3 is 0 Å². The highest BCUT2D eigenvalue weighted by atomic mass is 14.2. The molecule has 0 aromatic carbocycles. The van der Waals surface area contributed by atoms with Gasteiger partial charge >= 0.3 is 0 Å². The second-order valence-corrected chi connectivity index (χ2v) is 4.21. The average Bonchev–Trinajstić information content (AvgIpc) is 1.84. The van der Waals surface area contributed by atoms with Crippen molar-refractivity contribution in [1.82, 2.24) is 0 Å². The van der Waals surface area contributed by atoms with Crippen LogP contribution in [0.25, 0.3) is 0 Å². The highest BCUT2D eigenvalue weighted by Gasteiger charge is 2.17. The molecule has 10 heavy (non-hydrogen) atoms. The Bertz CT molecular complexity index is 70.0. The summed E-state index contributed by atoms with van der Waals surface area (Å²) in [5.74, 6) is 3.38. The van der Waals surface area contributed by atoms with E-state index in [1.165, 1.54) is 0 Å². The summed E-state index contributed by atoms with van der Waals surface area (Å²) in [5.41, 5.74) is 0. The number of rotatable bonds is 3. The van der Waals surface area contributed by atoms with E-state index in [0.717, 1.165) is 23.7 Å². The average molecular weight is 142 g/mol. The summed E-state index contributed by atoms with van der Waals surface area (Å²) in [5, 5.41) is 0. The molecular weight excluding hydrogens is 120 g/mol. The van der Waals surface area contributed by atoms with Gasteiger partial charge in [0.25, 0.3) is 0 Å². The molecule has 0 saturated heterocycles. The van der Waals surface area contributed by atoms with Crippen molar-refractivity contribution >= 4 is 0 Å². The molecule has 0 N–H and O–H groups in total. The van der Waals surface area contributed by atoms with E-state index in [0.29, 0.717) is 0 Å². The molecule has 0 spiro atoms. The molecular formula is C10H22. The summed E-state index contributed by atoms with van der Waals surface area (Å²) in [6, 6.07) is 0. The third-order valence-corrected chi connectivity index (χ3v) is 2.93. The molecule has 0 aromatic heterocycles. The topological polar surface area (TPSA) is 0 Å². The molecule has 2 atom stereocenters. The molecule has 0 rings (SSSR count). The molecule has 0 heterocycles. The predicted molar refractivity (Wildman–Crippen MR) is 48.0 cm³/mol. The summed E-state index contributed by atoms with van der Waals surface area (Å²) >= 11 is 0. The third-order valence-electron chi connectivity index (χ3n) is 2.93. The van der Waals surface area contributed by atoms with E-state index >= 15 is 0 Å². The fraction of sp³-hybridized carbons (Fsp3) is 1.00. The van der Waals surface area contributed by atoms with Crippen LogP contribution in [0.1, 0.15) is 41.5 Å². The van der Waals surface area contributed by atoms with E-state index in [-0.39, 0.29) is 0 Å². The van der Waals surface area contributed by atoms with Crippen molar-refractivity contribution in [2.45, 2.75) is 41.5 Å². The minimum atomic E-state index is 0.831. The van der Waals surface area contributed by atoms with Gasteiger partial charge in [0, 0.05) is 0 Å². The molecule has 0 aliphatic heterocycles. The fourth-order valence-corrected chi connectivity index (χ4v) is 1.21. The zero-order valence-electron chi connectivity index (χ0n) is 8.31. The second-order valence-electron chi connectivity index (χ2n) is 4.21. The largest absolute Gasteiger partial charge is 0.0625 e. The third kappa shape index (κ3) is 2.72. The van der Waals surface area contributed by atoms with Crippen LogP contribution in [0.5, 0.6) is 0 Å². The van der Waals surface area contributed by atoms with Crippen LogP contribution in [-0.2, 0) is 0 Å². The Morgan fingerprint density at radius 3 is 0.800 bits per heavy atom. The first-order valence-electron chi connectivity index (χ1n) is 4.46. The number of hydrogen-bond donors (Lipinski definition) is 0. The summed E-state index contributed by atoms with van der Waals surface area (Å²) in [6.45, 7) is 13.9. The minimum Gasteiger partial charge on any atom is -0.0625 e. The number of hydrogen-bond acceptors (Lipinski definition) is 0. The first-order chi connectivity index (χ1) is 4.46. The van der Waals surface area contributed by atoms with E-state index in [1.807, 2.05) is 0 Å². The Hall–Kier alpha value is 0. The normalized spacial score (nSPS) is 18.0. The summed E-state index contributed by atoms with van der Waals surface area (Å²) in [6.07, 6.45) is 0. The van der Waals surface area contributed by atoms with Gasteiger partial charge in [-0.1, -0.05) is 41.5 Å². The minimum absolute atomic E-state index is 0.831. The molecule has 0 saturated carbocycles. The molecule has 0 heteroatoms. The van der Waals surface area contributed by atoms with Crippen molar-refractivity contribution in [3.63, 3.8) is 0 Å². The lowest BCUT2D eigenvalue weighted by Crippen LogP contribution is -2.18. The Morgan fingerprint density at radius 2 is 0.700 bits per heavy atom. The van der Waals surface area contributed by atoms with Crippen molar-refractivity contribution in [3.05, 3.63) is 0 Å². The smallest absolute Gasteiger partial charge is 0.0391 e. The van der Waals surface area contributed by atoms with Crippen LogP contribution < -0.4 is 0 Å². The van der Waals surface area contributed by atoms with E-state index in [9.17, 15) is 0 Å².